The summed E-state index contributed by atoms with van der Waals surface area (Å²) >= 11 is 3.33. The second kappa shape index (κ2) is 5.74. The number of alkyl halides is 1. The van der Waals surface area contributed by atoms with Crippen molar-refractivity contribution >= 4 is 21.8 Å². The summed E-state index contributed by atoms with van der Waals surface area (Å²) in [6.07, 6.45) is 0.612. The van der Waals surface area contributed by atoms with Gasteiger partial charge in [0.25, 0.3) is 0 Å². The molecule has 0 spiro atoms. The third kappa shape index (κ3) is 5.63. The third-order valence-corrected chi connectivity index (χ3v) is 3.58. The topological polar surface area (TPSA) is 29.1 Å². The van der Waals surface area contributed by atoms with Gasteiger partial charge < -0.3 is 5.32 Å². The van der Waals surface area contributed by atoms with Crippen LogP contribution in [-0.4, -0.2) is 17.3 Å². The Hall–Kier alpha value is -0.0500. The Bertz CT molecular complexity index is 186. The molecule has 0 saturated carbocycles. The van der Waals surface area contributed by atoms with E-state index in [9.17, 15) is 4.79 Å². The number of nitrogens with one attached hydrogen (secondary N) is 1. The lowest BCUT2D eigenvalue weighted by Gasteiger charge is -2.27. The number of hydrogen-bond donors (Lipinski definition) is 1. The van der Waals surface area contributed by atoms with Gasteiger partial charge in [0.05, 0.1) is 0 Å². The molecule has 0 heterocycles. The molecule has 0 aromatic heterocycles. The Morgan fingerprint density at radius 1 is 1.36 bits per heavy atom. The van der Waals surface area contributed by atoms with Crippen molar-refractivity contribution in [3.63, 3.8) is 0 Å². The van der Waals surface area contributed by atoms with Gasteiger partial charge in [-0.25, -0.2) is 0 Å². The van der Waals surface area contributed by atoms with Crippen LogP contribution in [0, 0.1) is 11.3 Å². The molecule has 0 radical (unpaired) electrons. The lowest BCUT2D eigenvalue weighted by molar-refractivity contribution is -0.123. The Labute approximate surface area is 96.0 Å². The molecule has 2 atom stereocenters. The predicted octanol–water partition coefficient (Wildman–Crippen LogP) is 2.96. The molecule has 0 saturated heterocycles. The van der Waals surface area contributed by atoms with Gasteiger partial charge in [0.2, 0.25) is 5.91 Å². The van der Waals surface area contributed by atoms with Gasteiger partial charge in [-0.2, -0.15) is 0 Å². The molecule has 3 heteroatoms. The molecule has 0 bridgehead atoms. The van der Waals surface area contributed by atoms with Gasteiger partial charge in [-0.1, -0.05) is 43.6 Å². The molecule has 1 amide bonds. The predicted molar refractivity (Wildman–Crippen MR) is 64.6 cm³/mol. The number of carbonyl (C=O) groups excluding carboxylic acids is 1. The zero-order valence-electron chi connectivity index (χ0n) is 9.86. The van der Waals surface area contributed by atoms with E-state index >= 15 is 0 Å². The van der Waals surface area contributed by atoms with E-state index in [1.165, 1.54) is 0 Å². The van der Waals surface area contributed by atoms with E-state index in [1.54, 1.807) is 0 Å². The minimum absolute atomic E-state index is 0.152. The van der Waals surface area contributed by atoms with E-state index in [-0.39, 0.29) is 17.4 Å². The molecule has 0 aromatic carbocycles. The number of carbonyl (C=O) groups is 1. The monoisotopic (exact) mass is 263 g/mol. The van der Waals surface area contributed by atoms with Crippen molar-refractivity contribution in [2.24, 2.45) is 11.3 Å². The highest BCUT2D eigenvalue weighted by Gasteiger charge is 2.22. The fraction of sp³-hybridized carbons (Fsp3) is 0.909. The fourth-order valence-corrected chi connectivity index (χ4v) is 1.12. The molecule has 14 heavy (non-hydrogen) atoms. The van der Waals surface area contributed by atoms with Crippen molar-refractivity contribution < 1.29 is 4.79 Å². The van der Waals surface area contributed by atoms with Gasteiger partial charge in [0.1, 0.15) is 0 Å². The summed E-state index contributed by atoms with van der Waals surface area (Å²) in [6.45, 7) is 10.6. The van der Waals surface area contributed by atoms with Crippen LogP contribution in [0.2, 0.25) is 0 Å². The standard InChI is InChI=1S/C11H22BrNO/c1-8(11(3,4)5)6-10(14)13-9(2)7-12/h8-9H,6-7H2,1-5H3,(H,13,14). The molecule has 0 fully saturated rings. The van der Waals surface area contributed by atoms with Crippen LogP contribution in [0.4, 0.5) is 0 Å². The highest BCUT2D eigenvalue weighted by molar-refractivity contribution is 9.09. The summed E-state index contributed by atoms with van der Waals surface area (Å²) in [4.78, 5) is 11.5. The summed E-state index contributed by atoms with van der Waals surface area (Å²) in [6, 6.07) is 0.217. The largest absolute Gasteiger partial charge is 0.353 e. The number of amides is 1. The average molecular weight is 264 g/mol. The molecule has 0 aliphatic carbocycles. The number of rotatable bonds is 4. The lowest BCUT2D eigenvalue weighted by Crippen LogP contribution is -2.36. The first-order valence-electron chi connectivity index (χ1n) is 5.12. The Kier molecular flexibility index (Phi) is 5.72. The number of halogens is 1. The van der Waals surface area contributed by atoms with E-state index in [2.05, 4.69) is 48.9 Å². The zero-order chi connectivity index (χ0) is 11.4. The van der Waals surface area contributed by atoms with Crippen LogP contribution in [0.15, 0.2) is 0 Å². The minimum Gasteiger partial charge on any atom is -0.353 e. The summed E-state index contributed by atoms with van der Waals surface area (Å²) in [5, 5.41) is 3.75. The quantitative estimate of drug-likeness (QED) is 0.777. The van der Waals surface area contributed by atoms with Crippen molar-refractivity contribution in [2.75, 3.05) is 5.33 Å². The SMILES string of the molecule is CC(CBr)NC(=O)CC(C)C(C)(C)C. The summed E-state index contributed by atoms with van der Waals surface area (Å²) in [5.41, 5.74) is 0.203. The Morgan fingerprint density at radius 2 is 1.86 bits per heavy atom. The second-order valence-electron chi connectivity index (χ2n) is 5.09. The van der Waals surface area contributed by atoms with Gasteiger partial charge in [0.15, 0.2) is 0 Å². The minimum atomic E-state index is 0.152. The number of hydrogen-bond acceptors (Lipinski definition) is 1. The van der Waals surface area contributed by atoms with Gasteiger partial charge in [-0.15, -0.1) is 0 Å². The highest BCUT2D eigenvalue weighted by atomic mass is 79.9. The van der Waals surface area contributed by atoms with Gasteiger partial charge in [-0.05, 0) is 18.3 Å². The fourth-order valence-electron chi connectivity index (χ4n) is 0.957. The summed E-state index contributed by atoms with van der Waals surface area (Å²) < 4.78 is 0. The first kappa shape index (κ1) is 13.9. The van der Waals surface area contributed by atoms with E-state index < -0.39 is 0 Å². The highest BCUT2D eigenvalue weighted by Crippen LogP contribution is 2.27. The van der Waals surface area contributed by atoms with Crippen LogP contribution >= 0.6 is 15.9 Å². The van der Waals surface area contributed by atoms with Crippen LogP contribution in [0.3, 0.4) is 0 Å². The second-order valence-corrected chi connectivity index (χ2v) is 5.74. The third-order valence-electron chi connectivity index (χ3n) is 2.61. The molecular weight excluding hydrogens is 242 g/mol. The van der Waals surface area contributed by atoms with Crippen LogP contribution < -0.4 is 5.32 Å². The average Bonchev–Trinajstić information content (AvgIpc) is 2.02. The molecule has 0 aromatic rings. The first-order valence-corrected chi connectivity index (χ1v) is 6.24. The molecule has 84 valence electrons. The molecule has 0 rings (SSSR count). The van der Waals surface area contributed by atoms with Crippen LogP contribution in [0.1, 0.15) is 41.0 Å². The van der Waals surface area contributed by atoms with Crippen LogP contribution in [-0.2, 0) is 4.79 Å². The maximum Gasteiger partial charge on any atom is 0.220 e. The van der Waals surface area contributed by atoms with Crippen molar-refractivity contribution in [2.45, 2.75) is 47.1 Å². The van der Waals surface area contributed by atoms with E-state index in [0.29, 0.717) is 12.3 Å². The van der Waals surface area contributed by atoms with Crippen molar-refractivity contribution in [3.05, 3.63) is 0 Å². The van der Waals surface area contributed by atoms with Crippen molar-refractivity contribution in [3.8, 4) is 0 Å². The van der Waals surface area contributed by atoms with Crippen LogP contribution in [0.5, 0.6) is 0 Å². The van der Waals surface area contributed by atoms with Gasteiger partial charge in [-0.3, -0.25) is 4.79 Å². The Balaban J connectivity index is 3.95. The van der Waals surface area contributed by atoms with E-state index in [0.717, 1.165) is 5.33 Å². The van der Waals surface area contributed by atoms with E-state index in [1.807, 2.05) is 6.92 Å². The summed E-state index contributed by atoms with van der Waals surface area (Å²) in [7, 11) is 0. The molecule has 1 N–H and O–H groups in total. The Morgan fingerprint density at radius 3 is 2.21 bits per heavy atom. The van der Waals surface area contributed by atoms with Crippen molar-refractivity contribution in [1.82, 2.24) is 5.32 Å². The zero-order valence-corrected chi connectivity index (χ0v) is 11.4. The normalized spacial score (nSPS) is 16.1. The lowest BCUT2D eigenvalue weighted by atomic mass is 9.80. The van der Waals surface area contributed by atoms with Gasteiger partial charge in [0, 0.05) is 17.8 Å². The van der Waals surface area contributed by atoms with Crippen molar-refractivity contribution in [1.29, 1.82) is 0 Å². The maximum absolute atomic E-state index is 11.5. The molecule has 2 unspecified atom stereocenters. The van der Waals surface area contributed by atoms with Gasteiger partial charge >= 0.3 is 0 Å². The van der Waals surface area contributed by atoms with E-state index in [4.69, 9.17) is 0 Å². The molecule has 0 aliphatic heterocycles. The van der Waals surface area contributed by atoms with Crippen LogP contribution in [0.25, 0.3) is 0 Å². The molecule has 0 aliphatic rings. The summed E-state index contributed by atoms with van der Waals surface area (Å²) in [5.74, 6) is 0.560. The maximum atomic E-state index is 11.5. The first-order chi connectivity index (χ1) is 6.27. The molecule has 2 nitrogen and oxygen atoms in total. The molecular formula is C11H22BrNO. The smallest absolute Gasteiger partial charge is 0.220 e.